The lowest BCUT2D eigenvalue weighted by Crippen LogP contribution is -2.53. The third-order valence-corrected chi connectivity index (χ3v) is 4.92. The molecule has 1 aliphatic heterocycles. The Morgan fingerprint density at radius 3 is 2.37 bits per heavy atom. The van der Waals surface area contributed by atoms with Crippen LogP contribution in [-0.4, -0.2) is 53.9 Å². The van der Waals surface area contributed by atoms with Crippen molar-refractivity contribution in [2.45, 2.75) is 32.0 Å². The maximum absolute atomic E-state index is 12.9. The molecule has 2 aliphatic rings. The standard InChI is InChI=1S/C17H22F3N5O2/c1-10(26)23-14-8-12(17(18,19)20)9-22-15(14)24-2-4-25(5-3-24)16(27)11-6-13(21)7-11/h8-9,11,13H,2-7,21H2,1H3,(H,23,26). The zero-order chi connectivity index (χ0) is 19.8. The molecule has 2 fully saturated rings. The highest BCUT2D eigenvalue weighted by Gasteiger charge is 2.36. The first-order valence-corrected chi connectivity index (χ1v) is 8.79. The first kappa shape index (κ1) is 19.4. The lowest BCUT2D eigenvalue weighted by atomic mass is 9.80. The number of aromatic nitrogens is 1. The van der Waals surface area contributed by atoms with Crippen LogP contribution in [0.2, 0.25) is 0 Å². The van der Waals surface area contributed by atoms with Crippen molar-refractivity contribution < 1.29 is 22.8 Å². The molecule has 0 aromatic carbocycles. The average molecular weight is 385 g/mol. The second kappa shape index (κ2) is 7.34. The number of carbonyl (C=O) groups is 2. The summed E-state index contributed by atoms with van der Waals surface area (Å²) >= 11 is 0. The molecule has 148 valence electrons. The van der Waals surface area contributed by atoms with Crippen molar-refractivity contribution in [2.24, 2.45) is 11.7 Å². The van der Waals surface area contributed by atoms with Gasteiger partial charge in [-0.15, -0.1) is 0 Å². The lowest BCUT2D eigenvalue weighted by Gasteiger charge is -2.40. The van der Waals surface area contributed by atoms with Gasteiger partial charge in [-0.25, -0.2) is 4.98 Å². The number of rotatable bonds is 3. The molecule has 0 bridgehead atoms. The normalized spacial score (nSPS) is 23.0. The van der Waals surface area contributed by atoms with Gasteiger partial charge in [-0.1, -0.05) is 0 Å². The highest BCUT2D eigenvalue weighted by molar-refractivity contribution is 5.92. The van der Waals surface area contributed by atoms with E-state index in [1.54, 1.807) is 9.80 Å². The highest BCUT2D eigenvalue weighted by Crippen LogP contribution is 2.34. The van der Waals surface area contributed by atoms with E-state index in [1.807, 2.05) is 0 Å². The predicted octanol–water partition coefficient (Wildman–Crippen LogP) is 1.44. The molecule has 3 rings (SSSR count). The monoisotopic (exact) mass is 385 g/mol. The number of hydrogen-bond acceptors (Lipinski definition) is 5. The third kappa shape index (κ3) is 4.32. The maximum Gasteiger partial charge on any atom is 0.417 e. The summed E-state index contributed by atoms with van der Waals surface area (Å²) in [6, 6.07) is 0.980. The van der Waals surface area contributed by atoms with Gasteiger partial charge in [0, 0.05) is 51.3 Å². The van der Waals surface area contributed by atoms with Gasteiger partial charge < -0.3 is 20.9 Å². The Morgan fingerprint density at radius 2 is 1.85 bits per heavy atom. The van der Waals surface area contributed by atoms with E-state index >= 15 is 0 Å². The van der Waals surface area contributed by atoms with E-state index in [0.717, 1.165) is 12.3 Å². The van der Waals surface area contributed by atoms with Crippen molar-refractivity contribution in [3.8, 4) is 0 Å². The number of piperazine rings is 1. The molecular formula is C17H22F3N5O2. The minimum Gasteiger partial charge on any atom is -0.351 e. The molecular weight excluding hydrogens is 363 g/mol. The summed E-state index contributed by atoms with van der Waals surface area (Å²) in [6.07, 6.45) is -2.39. The number of alkyl halides is 3. The second-order valence-electron chi connectivity index (χ2n) is 7.01. The van der Waals surface area contributed by atoms with Crippen LogP contribution in [-0.2, 0) is 15.8 Å². The zero-order valence-corrected chi connectivity index (χ0v) is 14.9. The Kier molecular flexibility index (Phi) is 5.27. The number of nitrogens with one attached hydrogen (secondary N) is 1. The van der Waals surface area contributed by atoms with Crippen LogP contribution in [0, 0.1) is 5.92 Å². The SMILES string of the molecule is CC(=O)Nc1cc(C(F)(F)F)cnc1N1CCN(C(=O)C2CC(N)C2)CC1. The fourth-order valence-corrected chi connectivity index (χ4v) is 3.41. The van der Waals surface area contributed by atoms with Crippen LogP contribution >= 0.6 is 0 Å². The predicted molar refractivity (Wildman–Crippen MR) is 93.0 cm³/mol. The molecule has 3 N–H and O–H groups in total. The number of hydrogen-bond donors (Lipinski definition) is 2. The number of nitrogens with two attached hydrogens (primary N) is 1. The van der Waals surface area contributed by atoms with Gasteiger partial charge in [0.15, 0.2) is 5.82 Å². The van der Waals surface area contributed by atoms with Crippen LogP contribution in [0.1, 0.15) is 25.3 Å². The van der Waals surface area contributed by atoms with Crippen LogP contribution in [0.4, 0.5) is 24.7 Å². The molecule has 10 heteroatoms. The van der Waals surface area contributed by atoms with E-state index in [1.165, 1.54) is 6.92 Å². The number of pyridine rings is 1. The van der Waals surface area contributed by atoms with Crippen LogP contribution in [0.5, 0.6) is 0 Å². The van der Waals surface area contributed by atoms with Crippen LogP contribution in [0.3, 0.4) is 0 Å². The maximum atomic E-state index is 12.9. The van der Waals surface area contributed by atoms with E-state index in [-0.39, 0.29) is 29.4 Å². The minimum absolute atomic E-state index is 0.0158. The van der Waals surface area contributed by atoms with E-state index < -0.39 is 17.6 Å². The molecule has 1 saturated heterocycles. The second-order valence-corrected chi connectivity index (χ2v) is 7.01. The summed E-state index contributed by atoms with van der Waals surface area (Å²) in [7, 11) is 0. The smallest absolute Gasteiger partial charge is 0.351 e. The summed E-state index contributed by atoms with van der Waals surface area (Å²) in [4.78, 5) is 31.3. The first-order valence-electron chi connectivity index (χ1n) is 8.79. The van der Waals surface area contributed by atoms with E-state index in [2.05, 4.69) is 10.3 Å². The molecule has 7 nitrogen and oxygen atoms in total. The Bertz CT molecular complexity index is 726. The van der Waals surface area contributed by atoms with Gasteiger partial charge in [-0.2, -0.15) is 13.2 Å². The summed E-state index contributed by atoms with van der Waals surface area (Å²) in [5.74, 6) is -0.145. The average Bonchev–Trinajstić information content (AvgIpc) is 2.57. The van der Waals surface area contributed by atoms with Gasteiger partial charge >= 0.3 is 6.18 Å². The summed E-state index contributed by atoms with van der Waals surface area (Å²) < 4.78 is 38.8. The van der Waals surface area contributed by atoms with Crippen LogP contribution in [0.25, 0.3) is 0 Å². The minimum atomic E-state index is -4.55. The molecule has 27 heavy (non-hydrogen) atoms. The van der Waals surface area contributed by atoms with Crippen molar-refractivity contribution in [3.05, 3.63) is 17.8 Å². The Balaban J connectivity index is 1.71. The number of carbonyl (C=O) groups excluding carboxylic acids is 2. The molecule has 0 unspecified atom stereocenters. The highest BCUT2D eigenvalue weighted by atomic mass is 19.4. The lowest BCUT2D eigenvalue weighted by molar-refractivity contribution is -0.139. The van der Waals surface area contributed by atoms with Gasteiger partial charge in [-0.3, -0.25) is 9.59 Å². The molecule has 2 amide bonds. The van der Waals surface area contributed by atoms with Crippen molar-refractivity contribution in [1.29, 1.82) is 0 Å². The molecule has 0 radical (unpaired) electrons. The number of amides is 2. The zero-order valence-electron chi connectivity index (χ0n) is 14.9. The fraction of sp³-hybridized carbons (Fsp3) is 0.588. The topological polar surface area (TPSA) is 91.6 Å². The summed E-state index contributed by atoms with van der Waals surface area (Å²) in [5, 5.41) is 2.42. The molecule has 1 aliphatic carbocycles. The van der Waals surface area contributed by atoms with Gasteiger partial charge in [0.05, 0.1) is 11.3 Å². The van der Waals surface area contributed by atoms with E-state index in [0.29, 0.717) is 39.0 Å². The molecule has 0 atom stereocenters. The number of halogens is 3. The molecule has 0 spiro atoms. The van der Waals surface area contributed by atoms with Crippen molar-refractivity contribution in [1.82, 2.24) is 9.88 Å². The number of nitrogens with zero attached hydrogens (tertiary/aromatic N) is 3. The van der Waals surface area contributed by atoms with Crippen LogP contribution < -0.4 is 16.0 Å². The van der Waals surface area contributed by atoms with E-state index in [4.69, 9.17) is 5.73 Å². The summed E-state index contributed by atoms with van der Waals surface area (Å²) in [6.45, 7) is 2.98. The summed E-state index contributed by atoms with van der Waals surface area (Å²) in [5.41, 5.74) is 4.82. The van der Waals surface area contributed by atoms with E-state index in [9.17, 15) is 22.8 Å². The number of anilines is 2. The van der Waals surface area contributed by atoms with Gasteiger partial charge in [-0.05, 0) is 18.9 Å². The van der Waals surface area contributed by atoms with Crippen molar-refractivity contribution in [3.63, 3.8) is 0 Å². The molecule has 2 heterocycles. The molecule has 1 aromatic heterocycles. The first-order chi connectivity index (χ1) is 12.6. The van der Waals surface area contributed by atoms with Gasteiger partial charge in [0.25, 0.3) is 0 Å². The largest absolute Gasteiger partial charge is 0.417 e. The quantitative estimate of drug-likeness (QED) is 0.822. The Morgan fingerprint density at radius 1 is 1.22 bits per heavy atom. The van der Waals surface area contributed by atoms with Crippen molar-refractivity contribution >= 4 is 23.3 Å². The Hall–Kier alpha value is -2.36. The third-order valence-electron chi connectivity index (χ3n) is 4.92. The van der Waals surface area contributed by atoms with Crippen LogP contribution in [0.15, 0.2) is 12.3 Å². The molecule has 1 aromatic rings. The molecule has 1 saturated carbocycles. The van der Waals surface area contributed by atoms with Crippen molar-refractivity contribution in [2.75, 3.05) is 36.4 Å². The Labute approximate surface area is 154 Å². The van der Waals surface area contributed by atoms with Gasteiger partial charge in [0.2, 0.25) is 11.8 Å². The fourth-order valence-electron chi connectivity index (χ4n) is 3.41. The van der Waals surface area contributed by atoms with Gasteiger partial charge in [0.1, 0.15) is 0 Å².